The molecule has 35 heavy (non-hydrogen) atoms. The summed E-state index contributed by atoms with van der Waals surface area (Å²) >= 11 is 0. The quantitative estimate of drug-likeness (QED) is 0.568. The molecule has 192 valence electrons. The predicted octanol–water partition coefficient (Wildman–Crippen LogP) is 5.02. The molecule has 5 nitrogen and oxygen atoms in total. The van der Waals surface area contributed by atoms with E-state index in [-0.39, 0.29) is 23.3 Å². The highest BCUT2D eigenvalue weighted by Crippen LogP contribution is 2.39. The molecule has 0 bridgehead atoms. The third-order valence-corrected chi connectivity index (χ3v) is 9.64. The summed E-state index contributed by atoms with van der Waals surface area (Å²) in [5.41, 5.74) is -0.514. The molecule has 9 heteroatoms. The van der Waals surface area contributed by atoms with Crippen molar-refractivity contribution in [3.63, 3.8) is 0 Å². The van der Waals surface area contributed by atoms with Gasteiger partial charge in [0.1, 0.15) is 0 Å². The lowest BCUT2D eigenvalue weighted by Gasteiger charge is -2.40. The average Bonchev–Trinajstić information content (AvgIpc) is 2.79. The van der Waals surface area contributed by atoms with E-state index in [0.717, 1.165) is 17.7 Å². The van der Waals surface area contributed by atoms with E-state index in [0.29, 0.717) is 32.0 Å². The zero-order valence-corrected chi connectivity index (χ0v) is 21.3. The normalized spacial score (nSPS) is 16.8. The van der Waals surface area contributed by atoms with Crippen molar-refractivity contribution in [1.82, 2.24) is 10.2 Å². The van der Waals surface area contributed by atoms with Gasteiger partial charge >= 0.3 is 6.18 Å². The monoisotopic (exact) mass is 510 g/mol. The molecular weight excluding hydrogens is 477 g/mol. The van der Waals surface area contributed by atoms with Gasteiger partial charge in [0.05, 0.1) is 27.3 Å². The lowest BCUT2D eigenvalue weighted by atomic mass is 9.86. The fraction of sp³-hybridized carbons (Fsp3) is 0.500. The molecule has 1 aliphatic rings. The Labute approximate surface area is 205 Å². The molecule has 1 saturated heterocycles. The molecule has 1 amide bonds. The maximum Gasteiger partial charge on any atom is 0.416 e. The summed E-state index contributed by atoms with van der Waals surface area (Å²) in [5.74, 6) is -0.365. The maximum atomic E-state index is 13.3. The van der Waals surface area contributed by atoms with Crippen molar-refractivity contribution in [3.05, 3.63) is 65.7 Å². The molecule has 0 aromatic heterocycles. The van der Waals surface area contributed by atoms with Crippen molar-refractivity contribution in [2.45, 2.75) is 61.9 Å². The lowest BCUT2D eigenvalue weighted by molar-refractivity contribution is -0.137. The smallest absolute Gasteiger partial charge is 0.346 e. The standard InChI is InChI=1S/C26H33F3N2O3S/c1-24(2,19-9-6-5-7-10-19)30-23(32)18-31-15-13-20(14-16-31)25(3,4)35(33,34)22-12-8-11-21(17-22)26(27,28)29/h5-12,17,20H,13-16,18H2,1-4H3,(H,30,32). The number of sulfone groups is 1. The average molecular weight is 511 g/mol. The first-order valence-electron chi connectivity index (χ1n) is 11.7. The molecule has 0 unspecified atom stereocenters. The first kappa shape index (κ1) is 27.2. The highest BCUT2D eigenvalue weighted by Gasteiger charge is 2.44. The summed E-state index contributed by atoms with van der Waals surface area (Å²) in [4.78, 5) is 14.4. The Morgan fingerprint density at radius 1 is 0.943 bits per heavy atom. The first-order valence-corrected chi connectivity index (χ1v) is 13.1. The number of carbonyl (C=O) groups excluding carboxylic acids is 1. The molecule has 1 N–H and O–H groups in total. The fourth-order valence-corrected chi connectivity index (χ4v) is 6.49. The minimum atomic E-state index is -4.61. The molecule has 3 rings (SSSR count). The molecule has 2 aromatic carbocycles. The Hall–Kier alpha value is -2.39. The number of benzene rings is 2. The van der Waals surface area contributed by atoms with Crippen LogP contribution in [0.2, 0.25) is 0 Å². The van der Waals surface area contributed by atoms with Crippen molar-refractivity contribution >= 4 is 15.7 Å². The molecule has 0 atom stereocenters. The van der Waals surface area contributed by atoms with Gasteiger partial charge in [-0.25, -0.2) is 8.42 Å². The van der Waals surface area contributed by atoms with Crippen LogP contribution in [0.1, 0.15) is 51.7 Å². The zero-order valence-electron chi connectivity index (χ0n) is 20.5. The number of nitrogens with one attached hydrogen (secondary N) is 1. The Morgan fingerprint density at radius 2 is 1.51 bits per heavy atom. The number of amides is 1. The maximum absolute atomic E-state index is 13.3. The number of hydrogen-bond donors (Lipinski definition) is 1. The van der Waals surface area contributed by atoms with Crippen LogP contribution >= 0.6 is 0 Å². The molecule has 0 saturated carbocycles. The molecule has 1 aliphatic heterocycles. The van der Waals surface area contributed by atoms with E-state index in [1.807, 2.05) is 49.1 Å². The Balaban J connectivity index is 1.63. The number of nitrogens with zero attached hydrogens (tertiary/aromatic N) is 1. The topological polar surface area (TPSA) is 66.5 Å². The van der Waals surface area contributed by atoms with Crippen LogP contribution in [0.15, 0.2) is 59.5 Å². The minimum absolute atomic E-state index is 0.117. The fourth-order valence-electron chi connectivity index (χ4n) is 4.67. The van der Waals surface area contributed by atoms with Crippen molar-refractivity contribution < 1.29 is 26.4 Å². The Morgan fingerprint density at radius 3 is 2.09 bits per heavy atom. The molecule has 2 aromatic rings. The van der Waals surface area contributed by atoms with Crippen molar-refractivity contribution in [3.8, 4) is 0 Å². The number of rotatable bonds is 7. The van der Waals surface area contributed by atoms with Gasteiger partial charge in [0.2, 0.25) is 5.91 Å². The van der Waals surface area contributed by atoms with Crippen LogP contribution < -0.4 is 5.32 Å². The van der Waals surface area contributed by atoms with Gasteiger partial charge in [0, 0.05) is 0 Å². The second-order valence-electron chi connectivity index (χ2n) is 10.2. The van der Waals surface area contributed by atoms with Crippen LogP contribution in [0, 0.1) is 5.92 Å². The van der Waals surface area contributed by atoms with E-state index < -0.39 is 31.9 Å². The summed E-state index contributed by atoms with van der Waals surface area (Å²) in [5, 5.41) is 3.06. The van der Waals surface area contributed by atoms with E-state index >= 15 is 0 Å². The number of hydrogen-bond acceptors (Lipinski definition) is 4. The van der Waals surface area contributed by atoms with Gasteiger partial charge in [-0.3, -0.25) is 9.69 Å². The van der Waals surface area contributed by atoms with E-state index in [1.165, 1.54) is 6.07 Å². The van der Waals surface area contributed by atoms with Crippen LogP contribution in [0.5, 0.6) is 0 Å². The molecule has 0 radical (unpaired) electrons. The van der Waals surface area contributed by atoms with Gasteiger partial charge in [0.25, 0.3) is 0 Å². The third kappa shape index (κ3) is 6.06. The second kappa shape index (κ2) is 9.93. The van der Waals surface area contributed by atoms with E-state index in [4.69, 9.17) is 0 Å². The van der Waals surface area contributed by atoms with Gasteiger partial charge in [-0.2, -0.15) is 13.2 Å². The zero-order chi connectivity index (χ0) is 26.1. The van der Waals surface area contributed by atoms with Crippen LogP contribution in [-0.4, -0.2) is 43.6 Å². The van der Waals surface area contributed by atoms with Crippen molar-refractivity contribution in [2.24, 2.45) is 5.92 Å². The summed E-state index contributed by atoms with van der Waals surface area (Å²) in [6, 6.07) is 13.6. The summed E-state index contributed by atoms with van der Waals surface area (Å²) in [7, 11) is -4.01. The summed E-state index contributed by atoms with van der Waals surface area (Å²) in [6.45, 7) is 8.30. The summed E-state index contributed by atoms with van der Waals surface area (Å²) in [6.07, 6.45) is -3.56. The number of alkyl halides is 3. The SMILES string of the molecule is CC(C)(NC(=O)CN1CCC(C(C)(C)S(=O)(=O)c2cccc(C(F)(F)F)c2)CC1)c1ccccc1. The van der Waals surface area contributed by atoms with Gasteiger partial charge in [-0.1, -0.05) is 36.4 Å². The molecule has 1 heterocycles. The number of likely N-dealkylation sites (tertiary alicyclic amines) is 1. The van der Waals surface area contributed by atoms with E-state index in [2.05, 4.69) is 5.32 Å². The lowest BCUT2D eigenvalue weighted by Crippen LogP contribution is -2.50. The minimum Gasteiger partial charge on any atom is -0.346 e. The van der Waals surface area contributed by atoms with Crippen molar-refractivity contribution in [1.29, 1.82) is 0 Å². The molecular formula is C26H33F3N2O3S. The number of halogens is 3. The van der Waals surface area contributed by atoms with Gasteiger partial charge < -0.3 is 5.32 Å². The van der Waals surface area contributed by atoms with Crippen molar-refractivity contribution in [2.75, 3.05) is 19.6 Å². The Kier molecular flexibility index (Phi) is 7.72. The largest absolute Gasteiger partial charge is 0.416 e. The second-order valence-corrected chi connectivity index (χ2v) is 12.8. The van der Waals surface area contributed by atoms with Gasteiger partial charge in [-0.15, -0.1) is 0 Å². The number of carbonyl (C=O) groups is 1. The summed E-state index contributed by atoms with van der Waals surface area (Å²) < 4.78 is 64.8. The van der Waals surface area contributed by atoms with Gasteiger partial charge in [-0.05, 0) is 83.3 Å². The predicted molar refractivity (Wildman–Crippen MR) is 129 cm³/mol. The number of piperidine rings is 1. The Bertz CT molecular complexity index is 1140. The van der Waals surface area contributed by atoms with Crippen LogP contribution in [-0.2, 0) is 26.3 Å². The molecule has 0 aliphatic carbocycles. The highest BCUT2D eigenvalue weighted by atomic mass is 32.2. The highest BCUT2D eigenvalue weighted by molar-refractivity contribution is 7.92. The molecule has 1 fully saturated rings. The first-order chi connectivity index (χ1) is 16.1. The van der Waals surface area contributed by atoms with E-state index in [9.17, 15) is 26.4 Å². The third-order valence-electron chi connectivity index (χ3n) is 7.05. The molecule has 0 spiro atoms. The van der Waals surface area contributed by atoms with E-state index in [1.54, 1.807) is 13.8 Å². The van der Waals surface area contributed by atoms with Crippen LogP contribution in [0.4, 0.5) is 13.2 Å². The van der Waals surface area contributed by atoms with Crippen LogP contribution in [0.3, 0.4) is 0 Å². The van der Waals surface area contributed by atoms with Crippen LogP contribution in [0.25, 0.3) is 0 Å². The van der Waals surface area contributed by atoms with Gasteiger partial charge in [0.15, 0.2) is 9.84 Å².